The van der Waals surface area contributed by atoms with Gasteiger partial charge in [-0.2, -0.15) is 0 Å². The molecular weight excluding hydrogens is 369 g/mol. The summed E-state index contributed by atoms with van der Waals surface area (Å²) in [5.41, 5.74) is 3.14. The highest BCUT2D eigenvalue weighted by molar-refractivity contribution is 6.35. The van der Waals surface area contributed by atoms with Gasteiger partial charge in [0, 0.05) is 12.0 Å². The number of hydrogen-bond acceptors (Lipinski definition) is 4. The van der Waals surface area contributed by atoms with Crippen LogP contribution < -0.4 is 0 Å². The summed E-state index contributed by atoms with van der Waals surface area (Å²) < 4.78 is 2.06. The van der Waals surface area contributed by atoms with E-state index in [1.807, 2.05) is 30.3 Å². The molecule has 3 heterocycles. The van der Waals surface area contributed by atoms with Crippen LogP contribution in [0.1, 0.15) is 42.7 Å². The van der Waals surface area contributed by atoms with Crippen LogP contribution in [0.2, 0.25) is 10.2 Å². The summed E-state index contributed by atoms with van der Waals surface area (Å²) in [5, 5.41) is 9.76. The first kappa shape index (κ1) is 17.2. The molecule has 3 aromatic rings. The van der Waals surface area contributed by atoms with Crippen LogP contribution in [0.25, 0.3) is 5.69 Å². The summed E-state index contributed by atoms with van der Waals surface area (Å²) in [6.45, 7) is 2.57. The van der Waals surface area contributed by atoms with E-state index in [9.17, 15) is 0 Å². The highest BCUT2D eigenvalue weighted by Crippen LogP contribution is 2.28. The van der Waals surface area contributed by atoms with Crippen molar-refractivity contribution in [3.05, 3.63) is 69.5 Å². The molecular formula is C19H17Cl2N5. The third-order valence-corrected chi connectivity index (χ3v) is 4.90. The van der Waals surface area contributed by atoms with Gasteiger partial charge < -0.3 is 0 Å². The smallest absolute Gasteiger partial charge is 0.159 e. The van der Waals surface area contributed by atoms with Crippen molar-refractivity contribution in [1.82, 2.24) is 19.7 Å². The van der Waals surface area contributed by atoms with Crippen molar-refractivity contribution in [2.75, 3.05) is 0 Å². The van der Waals surface area contributed by atoms with Gasteiger partial charge in [0.2, 0.25) is 0 Å². The van der Waals surface area contributed by atoms with Crippen molar-refractivity contribution in [2.45, 2.75) is 32.7 Å². The number of unbranched alkanes of at least 4 members (excludes halogenated alkanes) is 1. The van der Waals surface area contributed by atoms with Crippen LogP contribution in [0.4, 0.5) is 0 Å². The number of aliphatic imine (C=N–C) groups is 1. The van der Waals surface area contributed by atoms with Gasteiger partial charge in [-0.15, -0.1) is 10.2 Å². The van der Waals surface area contributed by atoms with E-state index in [0.717, 1.165) is 47.9 Å². The maximum absolute atomic E-state index is 6.43. The number of rotatable bonds is 4. The van der Waals surface area contributed by atoms with E-state index >= 15 is 0 Å². The topological polar surface area (TPSA) is 56.0 Å². The fraction of sp³-hybridized carbons (Fsp3) is 0.263. The number of pyridine rings is 1. The van der Waals surface area contributed by atoms with Crippen molar-refractivity contribution < 1.29 is 0 Å². The van der Waals surface area contributed by atoms with Crippen molar-refractivity contribution in [1.29, 1.82) is 0 Å². The lowest BCUT2D eigenvalue weighted by Gasteiger charge is -2.13. The Morgan fingerprint density at radius 1 is 1.08 bits per heavy atom. The number of aromatic nitrogens is 4. The van der Waals surface area contributed by atoms with E-state index < -0.39 is 0 Å². The maximum atomic E-state index is 6.43. The predicted molar refractivity (Wildman–Crippen MR) is 104 cm³/mol. The first-order chi connectivity index (χ1) is 12.7. The quantitative estimate of drug-likeness (QED) is 0.613. The van der Waals surface area contributed by atoms with Gasteiger partial charge in [0.15, 0.2) is 5.82 Å². The molecule has 1 aromatic carbocycles. The molecule has 0 spiro atoms. The molecule has 26 heavy (non-hydrogen) atoms. The van der Waals surface area contributed by atoms with E-state index in [4.69, 9.17) is 28.2 Å². The second kappa shape index (κ2) is 7.17. The minimum absolute atomic E-state index is 0.410. The summed E-state index contributed by atoms with van der Waals surface area (Å²) >= 11 is 12.6. The maximum Gasteiger partial charge on any atom is 0.159 e. The van der Waals surface area contributed by atoms with Crippen molar-refractivity contribution in [3.63, 3.8) is 0 Å². The van der Waals surface area contributed by atoms with E-state index in [2.05, 4.69) is 26.7 Å². The van der Waals surface area contributed by atoms with Crippen LogP contribution in [0.3, 0.4) is 0 Å². The van der Waals surface area contributed by atoms with E-state index in [0.29, 0.717) is 22.4 Å². The lowest BCUT2D eigenvalue weighted by atomic mass is 10.1. The zero-order valence-electron chi connectivity index (χ0n) is 14.3. The van der Waals surface area contributed by atoms with Gasteiger partial charge >= 0.3 is 0 Å². The van der Waals surface area contributed by atoms with Crippen molar-refractivity contribution in [3.8, 4) is 5.69 Å². The largest absolute Gasteiger partial charge is 0.279 e. The highest BCUT2D eigenvalue weighted by atomic mass is 35.5. The number of nitrogens with zero attached hydrogens (tertiary/aromatic N) is 5. The highest BCUT2D eigenvalue weighted by Gasteiger charge is 2.25. The van der Waals surface area contributed by atoms with Crippen molar-refractivity contribution in [2.24, 2.45) is 4.99 Å². The Morgan fingerprint density at radius 3 is 2.73 bits per heavy atom. The van der Waals surface area contributed by atoms with E-state index in [1.165, 1.54) is 0 Å². The van der Waals surface area contributed by atoms with Crippen LogP contribution in [0.5, 0.6) is 0 Å². The van der Waals surface area contributed by atoms with Crippen LogP contribution >= 0.6 is 23.2 Å². The molecule has 1 aliphatic heterocycles. The molecule has 0 radical (unpaired) electrons. The van der Waals surface area contributed by atoms with E-state index in [1.54, 1.807) is 6.07 Å². The SMILES string of the molecule is CCCCc1nnc2n1-c1ccc(Cl)nc1C(c1ccccc1Cl)=NC2. The monoisotopic (exact) mass is 385 g/mol. The molecule has 0 atom stereocenters. The fourth-order valence-electron chi connectivity index (χ4n) is 3.10. The van der Waals surface area contributed by atoms with Gasteiger partial charge in [0.05, 0.1) is 16.4 Å². The molecule has 7 heteroatoms. The molecule has 0 N–H and O–H groups in total. The Kier molecular flexibility index (Phi) is 4.74. The van der Waals surface area contributed by atoms with Crippen LogP contribution in [-0.2, 0) is 13.0 Å². The molecule has 2 aromatic heterocycles. The fourth-order valence-corrected chi connectivity index (χ4v) is 3.48. The summed E-state index contributed by atoms with van der Waals surface area (Å²) in [6.07, 6.45) is 3.00. The van der Waals surface area contributed by atoms with Gasteiger partial charge in [-0.25, -0.2) is 4.98 Å². The minimum Gasteiger partial charge on any atom is -0.279 e. The Balaban J connectivity index is 1.92. The molecule has 0 saturated heterocycles. The van der Waals surface area contributed by atoms with Gasteiger partial charge in [0.1, 0.15) is 23.2 Å². The number of hydrogen-bond donors (Lipinski definition) is 0. The minimum atomic E-state index is 0.410. The lowest BCUT2D eigenvalue weighted by Crippen LogP contribution is -2.12. The molecule has 0 amide bonds. The molecule has 0 saturated carbocycles. The molecule has 4 rings (SSSR count). The molecule has 5 nitrogen and oxygen atoms in total. The average molecular weight is 386 g/mol. The molecule has 0 aliphatic carbocycles. The third kappa shape index (κ3) is 3.02. The second-order valence-corrected chi connectivity index (χ2v) is 6.91. The van der Waals surface area contributed by atoms with Gasteiger partial charge in [0.25, 0.3) is 0 Å². The van der Waals surface area contributed by atoms with Gasteiger partial charge in [-0.05, 0) is 24.6 Å². The standard InChI is InChI=1S/C19H17Cl2N5/c1-2-3-8-16-24-25-17-11-22-18(12-6-4-5-7-13(12)20)19-14(26(16)17)9-10-15(21)23-19/h4-7,9-10H,2-3,8,11H2,1H3. The first-order valence-electron chi connectivity index (χ1n) is 8.59. The van der Waals surface area contributed by atoms with Crippen LogP contribution in [-0.4, -0.2) is 25.5 Å². The summed E-state index contributed by atoms with van der Waals surface area (Å²) in [6, 6.07) is 11.4. The lowest BCUT2D eigenvalue weighted by molar-refractivity contribution is 0.729. The van der Waals surface area contributed by atoms with Gasteiger partial charge in [-0.1, -0.05) is 54.7 Å². The predicted octanol–water partition coefficient (Wildman–Crippen LogP) is 4.66. The Bertz CT molecular complexity index is 993. The summed E-state index contributed by atoms with van der Waals surface area (Å²) in [7, 11) is 0. The molecule has 0 bridgehead atoms. The first-order valence-corrected chi connectivity index (χ1v) is 9.34. The zero-order chi connectivity index (χ0) is 18.1. The van der Waals surface area contributed by atoms with Gasteiger partial charge in [-0.3, -0.25) is 9.56 Å². The average Bonchev–Trinajstić information content (AvgIpc) is 2.97. The Labute approximate surface area is 161 Å². The van der Waals surface area contributed by atoms with Crippen LogP contribution in [0.15, 0.2) is 41.4 Å². The second-order valence-electron chi connectivity index (χ2n) is 6.12. The normalized spacial score (nSPS) is 13.0. The summed E-state index contributed by atoms with van der Waals surface area (Å²) in [4.78, 5) is 9.33. The molecule has 0 fully saturated rings. The number of benzene rings is 1. The van der Waals surface area contributed by atoms with E-state index in [-0.39, 0.29) is 0 Å². The zero-order valence-corrected chi connectivity index (χ0v) is 15.8. The molecule has 132 valence electrons. The number of fused-ring (bicyclic) bond motifs is 3. The summed E-state index contributed by atoms with van der Waals surface area (Å²) in [5.74, 6) is 1.71. The van der Waals surface area contributed by atoms with Crippen LogP contribution in [0, 0.1) is 0 Å². The number of halogens is 2. The Hall–Kier alpha value is -2.24. The molecule has 1 aliphatic rings. The Morgan fingerprint density at radius 2 is 1.92 bits per heavy atom. The number of aryl methyl sites for hydroxylation is 1. The van der Waals surface area contributed by atoms with Crippen molar-refractivity contribution >= 4 is 28.9 Å². The molecule has 0 unspecified atom stereocenters. The third-order valence-electron chi connectivity index (χ3n) is 4.36.